The van der Waals surface area contributed by atoms with E-state index in [-0.39, 0.29) is 18.4 Å². The van der Waals surface area contributed by atoms with Crippen molar-refractivity contribution in [2.45, 2.75) is 6.54 Å². The smallest absolute Gasteiger partial charge is 0.261 e. The maximum Gasteiger partial charge on any atom is 0.261 e. The SMILES string of the molecule is O=C1c2ccccc2C(=O)N1Cc1ccc(-c2ccccc2-c2nn[nH]n2)cc1. The number of hydrogen-bond acceptors (Lipinski definition) is 5. The average Bonchev–Trinajstić information content (AvgIpc) is 3.39. The van der Waals surface area contributed by atoms with E-state index in [0.717, 1.165) is 22.3 Å². The molecule has 0 fully saturated rings. The van der Waals surface area contributed by atoms with Gasteiger partial charge in [0.25, 0.3) is 11.8 Å². The molecule has 1 aliphatic rings. The number of benzene rings is 3. The molecular formula is C22H15N5O2. The summed E-state index contributed by atoms with van der Waals surface area (Å²) in [5, 5.41) is 14.2. The molecule has 1 N–H and O–H groups in total. The highest BCUT2D eigenvalue weighted by Gasteiger charge is 2.34. The van der Waals surface area contributed by atoms with Gasteiger partial charge in [0.05, 0.1) is 17.7 Å². The predicted octanol–water partition coefficient (Wildman–Crippen LogP) is 3.33. The fraction of sp³-hybridized carbons (Fsp3) is 0.0455. The maximum absolute atomic E-state index is 12.6. The van der Waals surface area contributed by atoms with Gasteiger partial charge in [-0.05, 0) is 34.0 Å². The summed E-state index contributed by atoms with van der Waals surface area (Å²) in [4.78, 5) is 26.4. The van der Waals surface area contributed by atoms with Gasteiger partial charge in [-0.2, -0.15) is 5.21 Å². The van der Waals surface area contributed by atoms with Gasteiger partial charge in [-0.1, -0.05) is 60.7 Å². The van der Waals surface area contributed by atoms with Crippen molar-refractivity contribution in [1.82, 2.24) is 25.5 Å². The largest absolute Gasteiger partial charge is 0.270 e. The predicted molar refractivity (Wildman–Crippen MR) is 106 cm³/mol. The summed E-state index contributed by atoms with van der Waals surface area (Å²) in [6.07, 6.45) is 0. The quantitative estimate of drug-likeness (QED) is 0.548. The fourth-order valence-corrected chi connectivity index (χ4v) is 3.56. The van der Waals surface area contributed by atoms with Crippen molar-refractivity contribution in [2.75, 3.05) is 0 Å². The zero-order chi connectivity index (χ0) is 19.8. The van der Waals surface area contributed by atoms with Crippen LogP contribution < -0.4 is 0 Å². The molecule has 0 spiro atoms. The van der Waals surface area contributed by atoms with Crippen molar-refractivity contribution in [1.29, 1.82) is 0 Å². The molecule has 0 radical (unpaired) electrons. The van der Waals surface area contributed by atoms with E-state index < -0.39 is 0 Å². The number of nitrogens with zero attached hydrogens (tertiary/aromatic N) is 4. The van der Waals surface area contributed by atoms with Crippen molar-refractivity contribution in [2.24, 2.45) is 0 Å². The van der Waals surface area contributed by atoms with Gasteiger partial charge >= 0.3 is 0 Å². The van der Waals surface area contributed by atoms with Crippen LogP contribution in [0.1, 0.15) is 26.3 Å². The first-order chi connectivity index (χ1) is 14.2. The first-order valence-electron chi connectivity index (χ1n) is 9.10. The van der Waals surface area contributed by atoms with Crippen LogP contribution in [-0.2, 0) is 6.54 Å². The highest BCUT2D eigenvalue weighted by atomic mass is 16.2. The zero-order valence-electron chi connectivity index (χ0n) is 15.2. The van der Waals surface area contributed by atoms with Crippen LogP contribution >= 0.6 is 0 Å². The molecule has 7 heteroatoms. The molecule has 1 aliphatic heterocycles. The Hall–Kier alpha value is -4.13. The summed E-state index contributed by atoms with van der Waals surface area (Å²) in [6.45, 7) is 0.235. The van der Waals surface area contributed by atoms with Gasteiger partial charge < -0.3 is 0 Å². The van der Waals surface area contributed by atoms with Gasteiger partial charge in [0.2, 0.25) is 5.82 Å². The number of H-pyrrole nitrogens is 1. The Balaban J connectivity index is 1.42. The number of tetrazole rings is 1. The fourth-order valence-electron chi connectivity index (χ4n) is 3.56. The first kappa shape index (κ1) is 17.0. The summed E-state index contributed by atoms with van der Waals surface area (Å²) in [5.74, 6) is 0.0185. The van der Waals surface area contributed by atoms with Crippen molar-refractivity contribution < 1.29 is 9.59 Å². The molecule has 3 aromatic carbocycles. The lowest BCUT2D eigenvalue weighted by molar-refractivity contribution is 0.0642. The second-order valence-electron chi connectivity index (χ2n) is 6.72. The summed E-state index contributed by atoms with van der Waals surface area (Å²) < 4.78 is 0. The lowest BCUT2D eigenvalue weighted by Crippen LogP contribution is -2.29. The van der Waals surface area contributed by atoms with Gasteiger partial charge in [0.15, 0.2) is 0 Å². The monoisotopic (exact) mass is 381 g/mol. The Morgan fingerprint density at radius 3 is 1.90 bits per heavy atom. The van der Waals surface area contributed by atoms with E-state index in [0.29, 0.717) is 17.0 Å². The standard InChI is InChI=1S/C22H15N5O2/c28-21-18-7-3-4-8-19(18)22(29)27(21)13-14-9-11-15(12-10-14)16-5-1-2-6-17(16)20-23-25-26-24-20/h1-12H,13H2,(H,23,24,25,26). The highest BCUT2D eigenvalue weighted by Crippen LogP contribution is 2.30. The Bertz CT molecular complexity index is 1180. The summed E-state index contributed by atoms with van der Waals surface area (Å²) in [7, 11) is 0. The van der Waals surface area contributed by atoms with Crippen LogP contribution in [0.4, 0.5) is 0 Å². The van der Waals surface area contributed by atoms with Crippen LogP contribution in [0, 0.1) is 0 Å². The van der Waals surface area contributed by atoms with Crippen LogP contribution in [0.3, 0.4) is 0 Å². The second-order valence-corrected chi connectivity index (χ2v) is 6.72. The molecule has 0 aliphatic carbocycles. The molecule has 0 saturated carbocycles. The van der Waals surface area contributed by atoms with Crippen LogP contribution in [-0.4, -0.2) is 37.3 Å². The summed E-state index contributed by atoms with van der Waals surface area (Å²) in [5.41, 5.74) is 4.62. The van der Waals surface area contributed by atoms with E-state index in [1.807, 2.05) is 48.5 Å². The lowest BCUT2D eigenvalue weighted by Gasteiger charge is -2.14. The molecule has 140 valence electrons. The van der Waals surface area contributed by atoms with Crippen molar-refractivity contribution in [3.63, 3.8) is 0 Å². The van der Waals surface area contributed by atoms with E-state index in [1.165, 1.54) is 4.90 Å². The molecule has 0 saturated heterocycles. The van der Waals surface area contributed by atoms with E-state index in [2.05, 4.69) is 20.6 Å². The average molecular weight is 381 g/mol. The first-order valence-corrected chi connectivity index (χ1v) is 9.10. The van der Waals surface area contributed by atoms with Crippen molar-refractivity contribution in [3.05, 3.63) is 89.5 Å². The molecule has 29 heavy (non-hydrogen) atoms. The lowest BCUT2D eigenvalue weighted by atomic mass is 9.98. The van der Waals surface area contributed by atoms with Gasteiger partial charge in [0.1, 0.15) is 0 Å². The van der Waals surface area contributed by atoms with Gasteiger partial charge in [0, 0.05) is 5.56 Å². The summed E-state index contributed by atoms with van der Waals surface area (Å²) >= 11 is 0. The third kappa shape index (κ3) is 2.89. The number of rotatable bonds is 4. The number of amides is 2. The second kappa shape index (κ2) is 6.79. The number of nitrogens with one attached hydrogen (secondary N) is 1. The Morgan fingerprint density at radius 1 is 0.724 bits per heavy atom. The van der Waals surface area contributed by atoms with Gasteiger partial charge in [-0.3, -0.25) is 14.5 Å². The third-order valence-electron chi connectivity index (χ3n) is 5.00. The van der Waals surface area contributed by atoms with Crippen LogP contribution in [0.2, 0.25) is 0 Å². The van der Waals surface area contributed by atoms with E-state index in [9.17, 15) is 9.59 Å². The number of aromatic nitrogens is 4. The maximum atomic E-state index is 12.6. The molecule has 2 heterocycles. The highest BCUT2D eigenvalue weighted by molar-refractivity contribution is 6.21. The van der Waals surface area contributed by atoms with Crippen molar-refractivity contribution in [3.8, 4) is 22.5 Å². The van der Waals surface area contributed by atoms with Crippen molar-refractivity contribution >= 4 is 11.8 Å². The molecule has 7 nitrogen and oxygen atoms in total. The molecular weight excluding hydrogens is 366 g/mol. The minimum absolute atomic E-state index is 0.235. The number of fused-ring (bicyclic) bond motifs is 1. The zero-order valence-corrected chi connectivity index (χ0v) is 15.2. The topological polar surface area (TPSA) is 91.8 Å². The molecule has 0 unspecified atom stereocenters. The molecule has 0 bridgehead atoms. The molecule has 5 rings (SSSR count). The van der Waals surface area contributed by atoms with Crippen LogP contribution in [0.5, 0.6) is 0 Å². The van der Waals surface area contributed by atoms with Crippen LogP contribution in [0.15, 0.2) is 72.8 Å². The Labute approximate surface area is 166 Å². The molecule has 0 atom stereocenters. The van der Waals surface area contributed by atoms with E-state index in [4.69, 9.17) is 0 Å². The minimum Gasteiger partial charge on any atom is -0.270 e. The summed E-state index contributed by atoms with van der Waals surface area (Å²) in [6, 6.07) is 22.5. The Kier molecular flexibility index (Phi) is 3.98. The number of hydrogen-bond donors (Lipinski definition) is 1. The van der Waals surface area contributed by atoms with Crippen LogP contribution in [0.25, 0.3) is 22.5 Å². The number of imide groups is 1. The normalized spacial score (nSPS) is 13.0. The molecule has 4 aromatic rings. The minimum atomic E-state index is -0.253. The third-order valence-corrected chi connectivity index (χ3v) is 5.00. The number of carbonyl (C=O) groups is 2. The Morgan fingerprint density at radius 2 is 1.31 bits per heavy atom. The van der Waals surface area contributed by atoms with E-state index >= 15 is 0 Å². The molecule has 1 aromatic heterocycles. The van der Waals surface area contributed by atoms with Gasteiger partial charge in [-0.15, -0.1) is 10.2 Å². The number of carbonyl (C=O) groups excluding carboxylic acids is 2. The number of aromatic amines is 1. The molecule has 2 amide bonds. The van der Waals surface area contributed by atoms with E-state index in [1.54, 1.807) is 24.3 Å². The van der Waals surface area contributed by atoms with Gasteiger partial charge in [-0.25, -0.2) is 0 Å².